The summed E-state index contributed by atoms with van der Waals surface area (Å²) >= 11 is 0. The van der Waals surface area contributed by atoms with Crippen molar-refractivity contribution in [2.75, 3.05) is 6.54 Å². The lowest BCUT2D eigenvalue weighted by Gasteiger charge is -2.17. The van der Waals surface area contributed by atoms with Crippen molar-refractivity contribution in [3.63, 3.8) is 0 Å². The van der Waals surface area contributed by atoms with Crippen LogP contribution in [0.1, 0.15) is 51.7 Å². The van der Waals surface area contributed by atoms with Gasteiger partial charge in [-0.25, -0.2) is 9.97 Å². The highest BCUT2D eigenvalue weighted by Gasteiger charge is 2.14. The molecule has 0 aliphatic rings. The van der Waals surface area contributed by atoms with E-state index in [4.69, 9.17) is 0 Å². The Morgan fingerprint density at radius 3 is 2.47 bits per heavy atom. The van der Waals surface area contributed by atoms with Crippen molar-refractivity contribution in [1.82, 2.24) is 15.3 Å². The van der Waals surface area contributed by atoms with Crippen LogP contribution >= 0.6 is 0 Å². The van der Waals surface area contributed by atoms with Crippen LogP contribution in [-0.4, -0.2) is 16.5 Å². The second-order valence-corrected chi connectivity index (χ2v) is 5.63. The van der Waals surface area contributed by atoms with Crippen LogP contribution in [0.5, 0.6) is 0 Å². The van der Waals surface area contributed by atoms with Crippen molar-refractivity contribution in [1.29, 1.82) is 0 Å². The standard InChI is InChI=1S/C14H25N3/c1-6-12-11(9-15-7-2)10-16-13(17-12)8-14(3,4)5/h10,15H,6-9H2,1-5H3. The van der Waals surface area contributed by atoms with Gasteiger partial charge in [0.05, 0.1) is 0 Å². The summed E-state index contributed by atoms with van der Waals surface area (Å²) in [7, 11) is 0. The molecular formula is C14H25N3. The topological polar surface area (TPSA) is 37.8 Å². The molecule has 0 amide bonds. The number of aryl methyl sites for hydroxylation is 1. The molecule has 3 heteroatoms. The van der Waals surface area contributed by atoms with E-state index in [9.17, 15) is 0 Å². The second kappa shape index (κ2) is 6.10. The van der Waals surface area contributed by atoms with Gasteiger partial charge in [-0.1, -0.05) is 34.6 Å². The van der Waals surface area contributed by atoms with Crippen LogP contribution in [0.3, 0.4) is 0 Å². The zero-order valence-corrected chi connectivity index (χ0v) is 11.8. The average molecular weight is 235 g/mol. The quantitative estimate of drug-likeness (QED) is 0.852. The second-order valence-electron chi connectivity index (χ2n) is 5.63. The van der Waals surface area contributed by atoms with E-state index in [1.165, 1.54) is 11.3 Å². The molecule has 0 atom stereocenters. The Morgan fingerprint density at radius 1 is 1.24 bits per heavy atom. The minimum absolute atomic E-state index is 0.244. The predicted octanol–water partition coefficient (Wildman–Crippen LogP) is 2.74. The van der Waals surface area contributed by atoms with Crippen LogP contribution in [0.2, 0.25) is 0 Å². The lowest BCUT2D eigenvalue weighted by molar-refractivity contribution is 0.399. The van der Waals surface area contributed by atoms with E-state index in [1.807, 2.05) is 6.20 Å². The number of rotatable bonds is 5. The summed E-state index contributed by atoms with van der Waals surface area (Å²) in [4.78, 5) is 9.15. The molecule has 0 aromatic carbocycles. The van der Waals surface area contributed by atoms with Crippen LogP contribution < -0.4 is 5.32 Å². The monoisotopic (exact) mass is 235 g/mol. The van der Waals surface area contributed by atoms with Gasteiger partial charge in [0.15, 0.2) is 0 Å². The van der Waals surface area contributed by atoms with Crippen LogP contribution in [0.25, 0.3) is 0 Å². The maximum absolute atomic E-state index is 4.68. The molecular weight excluding hydrogens is 210 g/mol. The third-order valence-electron chi connectivity index (χ3n) is 2.59. The van der Waals surface area contributed by atoms with E-state index in [-0.39, 0.29) is 5.41 Å². The van der Waals surface area contributed by atoms with Gasteiger partial charge < -0.3 is 5.32 Å². The van der Waals surface area contributed by atoms with E-state index >= 15 is 0 Å². The summed E-state index contributed by atoms with van der Waals surface area (Å²) in [6.07, 6.45) is 3.89. The van der Waals surface area contributed by atoms with Gasteiger partial charge in [-0.2, -0.15) is 0 Å². The summed E-state index contributed by atoms with van der Waals surface area (Å²) in [5, 5.41) is 3.33. The Kier molecular flexibility index (Phi) is 5.06. The summed E-state index contributed by atoms with van der Waals surface area (Å²) in [6, 6.07) is 0. The van der Waals surface area contributed by atoms with E-state index < -0.39 is 0 Å². The van der Waals surface area contributed by atoms with Gasteiger partial charge in [-0.3, -0.25) is 0 Å². The average Bonchev–Trinajstić information content (AvgIpc) is 2.25. The third kappa shape index (κ3) is 4.82. The number of hydrogen-bond donors (Lipinski definition) is 1. The number of aromatic nitrogens is 2. The Bertz CT molecular complexity index is 353. The molecule has 1 aromatic rings. The van der Waals surface area contributed by atoms with Gasteiger partial charge >= 0.3 is 0 Å². The normalized spacial score (nSPS) is 11.8. The number of nitrogens with one attached hydrogen (secondary N) is 1. The molecule has 1 rings (SSSR count). The minimum atomic E-state index is 0.244. The first kappa shape index (κ1) is 14.1. The summed E-state index contributed by atoms with van der Waals surface area (Å²) in [5.41, 5.74) is 2.65. The molecule has 0 bridgehead atoms. The van der Waals surface area contributed by atoms with Gasteiger partial charge in [-0.15, -0.1) is 0 Å². The molecule has 0 aliphatic heterocycles. The first-order valence-corrected chi connectivity index (χ1v) is 6.50. The molecule has 0 radical (unpaired) electrons. The van der Waals surface area contributed by atoms with Crippen LogP contribution in [0, 0.1) is 5.41 Å². The summed E-state index contributed by atoms with van der Waals surface area (Å²) in [6.45, 7) is 12.8. The smallest absolute Gasteiger partial charge is 0.129 e. The first-order chi connectivity index (χ1) is 7.96. The summed E-state index contributed by atoms with van der Waals surface area (Å²) in [5.74, 6) is 0.967. The molecule has 0 aliphatic carbocycles. The molecule has 1 aromatic heterocycles. The lowest BCUT2D eigenvalue weighted by Crippen LogP contribution is -2.17. The Labute approximate surface area is 105 Å². The van der Waals surface area contributed by atoms with Crippen molar-refractivity contribution in [3.8, 4) is 0 Å². The van der Waals surface area contributed by atoms with Crippen molar-refractivity contribution in [2.45, 2.75) is 54.0 Å². The Morgan fingerprint density at radius 2 is 1.94 bits per heavy atom. The van der Waals surface area contributed by atoms with Crippen molar-refractivity contribution in [3.05, 3.63) is 23.3 Å². The lowest BCUT2D eigenvalue weighted by atomic mass is 9.92. The van der Waals surface area contributed by atoms with Crippen LogP contribution in [-0.2, 0) is 19.4 Å². The Hall–Kier alpha value is -0.960. The Balaban J connectivity index is 2.84. The molecule has 1 N–H and O–H groups in total. The van der Waals surface area contributed by atoms with Gasteiger partial charge in [0.2, 0.25) is 0 Å². The van der Waals surface area contributed by atoms with E-state index in [2.05, 4.69) is 49.9 Å². The predicted molar refractivity (Wildman–Crippen MR) is 71.9 cm³/mol. The summed E-state index contributed by atoms with van der Waals surface area (Å²) < 4.78 is 0. The molecule has 3 nitrogen and oxygen atoms in total. The SMILES string of the molecule is CCNCc1cnc(CC(C)(C)C)nc1CC. The van der Waals surface area contributed by atoms with Crippen LogP contribution in [0.4, 0.5) is 0 Å². The van der Waals surface area contributed by atoms with E-state index in [1.54, 1.807) is 0 Å². The number of nitrogens with zero attached hydrogens (tertiary/aromatic N) is 2. The highest BCUT2D eigenvalue weighted by molar-refractivity contribution is 5.18. The molecule has 17 heavy (non-hydrogen) atoms. The largest absolute Gasteiger partial charge is 0.313 e. The zero-order valence-electron chi connectivity index (χ0n) is 11.8. The van der Waals surface area contributed by atoms with Gasteiger partial charge in [0.1, 0.15) is 5.82 Å². The molecule has 0 spiro atoms. The fourth-order valence-corrected chi connectivity index (χ4v) is 1.76. The third-order valence-corrected chi connectivity index (χ3v) is 2.59. The van der Waals surface area contributed by atoms with Gasteiger partial charge in [0, 0.05) is 30.4 Å². The molecule has 0 saturated heterocycles. The molecule has 0 unspecified atom stereocenters. The fraction of sp³-hybridized carbons (Fsp3) is 0.714. The number of hydrogen-bond acceptors (Lipinski definition) is 3. The molecule has 1 heterocycles. The maximum Gasteiger partial charge on any atom is 0.129 e. The molecule has 0 fully saturated rings. The minimum Gasteiger partial charge on any atom is -0.313 e. The maximum atomic E-state index is 4.68. The highest BCUT2D eigenvalue weighted by Crippen LogP contribution is 2.19. The fourth-order valence-electron chi connectivity index (χ4n) is 1.76. The van der Waals surface area contributed by atoms with Crippen molar-refractivity contribution >= 4 is 0 Å². The zero-order chi connectivity index (χ0) is 12.9. The highest BCUT2D eigenvalue weighted by atomic mass is 14.9. The van der Waals surface area contributed by atoms with Gasteiger partial charge in [-0.05, 0) is 18.4 Å². The van der Waals surface area contributed by atoms with Crippen LogP contribution in [0.15, 0.2) is 6.20 Å². The first-order valence-electron chi connectivity index (χ1n) is 6.50. The van der Waals surface area contributed by atoms with Gasteiger partial charge in [0.25, 0.3) is 0 Å². The molecule has 0 saturated carbocycles. The van der Waals surface area contributed by atoms with Crippen molar-refractivity contribution in [2.24, 2.45) is 5.41 Å². The van der Waals surface area contributed by atoms with E-state index in [0.717, 1.165) is 31.8 Å². The van der Waals surface area contributed by atoms with Crippen molar-refractivity contribution < 1.29 is 0 Å². The molecule has 96 valence electrons. The van der Waals surface area contributed by atoms with E-state index in [0.29, 0.717) is 0 Å².